The Balaban J connectivity index is 2.73. The third-order valence-corrected chi connectivity index (χ3v) is 2.28. The molecule has 0 aliphatic carbocycles. The predicted octanol–water partition coefficient (Wildman–Crippen LogP) is 1.33. The smallest absolute Gasteiger partial charge is 0.305 e. The van der Waals surface area contributed by atoms with Crippen molar-refractivity contribution in [1.29, 1.82) is 0 Å². The molecule has 0 bridgehead atoms. The van der Waals surface area contributed by atoms with Gasteiger partial charge in [-0.2, -0.15) is 0 Å². The number of hydrogen-bond donors (Lipinski definition) is 1. The Hall–Kier alpha value is -1.56. The van der Waals surface area contributed by atoms with Crippen molar-refractivity contribution in [2.75, 3.05) is 0 Å². The zero-order valence-electron chi connectivity index (χ0n) is 9.54. The van der Waals surface area contributed by atoms with Crippen LogP contribution < -0.4 is 0 Å². The van der Waals surface area contributed by atoms with Crippen molar-refractivity contribution in [3.8, 4) is 0 Å². The van der Waals surface area contributed by atoms with Crippen LogP contribution in [0.2, 0.25) is 0 Å². The van der Waals surface area contributed by atoms with E-state index < -0.39 is 11.0 Å². The van der Waals surface area contributed by atoms with Crippen molar-refractivity contribution in [2.24, 2.45) is 5.41 Å². The Kier molecular flexibility index (Phi) is 3.54. The van der Waals surface area contributed by atoms with E-state index >= 15 is 0 Å². The molecule has 0 amide bonds. The quantitative estimate of drug-likeness (QED) is 0.619. The van der Waals surface area contributed by atoms with Crippen molar-refractivity contribution < 1.29 is 10.0 Å². The molecule has 0 aliphatic rings. The SMILES string of the molecule is CC(C)(C)C(O)Cc1ncc([N+](=O)[O-])cn1. The van der Waals surface area contributed by atoms with Gasteiger partial charge in [-0.3, -0.25) is 10.1 Å². The summed E-state index contributed by atoms with van der Waals surface area (Å²) < 4.78 is 0. The van der Waals surface area contributed by atoms with Gasteiger partial charge >= 0.3 is 5.69 Å². The van der Waals surface area contributed by atoms with E-state index in [1.54, 1.807) is 0 Å². The topological polar surface area (TPSA) is 89.2 Å². The molecule has 1 atom stereocenters. The van der Waals surface area contributed by atoms with E-state index in [1.807, 2.05) is 20.8 Å². The lowest BCUT2D eigenvalue weighted by Gasteiger charge is -2.24. The van der Waals surface area contributed by atoms with Gasteiger partial charge in [-0.1, -0.05) is 20.8 Å². The average molecular weight is 225 g/mol. The molecule has 1 unspecified atom stereocenters. The first kappa shape index (κ1) is 12.5. The molecule has 0 aromatic carbocycles. The van der Waals surface area contributed by atoms with E-state index in [2.05, 4.69) is 9.97 Å². The molecule has 1 heterocycles. The third kappa shape index (κ3) is 3.23. The van der Waals surface area contributed by atoms with Gasteiger partial charge in [0.25, 0.3) is 0 Å². The first-order valence-electron chi connectivity index (χ1n) is 4.94. The molecule has 1 rings (SSSR count). The molecule has 0 saturated carbocycles. The highest BCUT2D eigenvalue weighted by atomic mass is 16.6. The van der Waals surface area contributed by atoms with E-state index in [0.29, 0.717) is 12.2 Å². The van der Waals surface area contributed by atoms with Crippen molar-refractivity contribution >= 4 is 5.69 Å². The highest BCUT2D eigenvalue weighted by molar-refractivity contribution is 5.20. The summed E-state index contributed by atoms with van der Waals surface area (Å²) in [5, 5.41) is 20.2. The average Bonchev–Trinajstić information content (AvgIpc) is 2.17. The van der Waals surface area contributed by atoms with Gasteiger partial charge in [-0.25, -0.2) is 9.97 Å². The van der Waals surface area contributed by atoms with Gasteiger partial charge in [-0.15, -0.1) is 0 Å². The molecule has 88 valence electrons. The summed E-state index contributed by atoms with van der Waals surface area (Å²) in [7, 11) is 0. The summed E-state index contributed by atoms with van der Waals surface area (Å²) >= 11 is 0. The number of rotatable bonds is 3. The summed E-state index contributed by atoms with van der Waals surface area (Å²) in [5.74, 6) is 0.410. The van der Waals surface area contributed by atoms with E-state index in [4.69, 9.17) is 0 Å². The van der Waals surface area contributed by atoms with E-state index in [-0.39, 0.29) is 11.1 Å². The third-order valence-electron chi connectivity index (χ3n) is 2.28. The Morgan fingerprint density at radius 2 is 1.94 bits per heavy atom. The second-order valence-corrected chi connectivity index (χ2v) is 4.70. The second-order valence-electron chi connectivity index (χ2n) is 4.70. The Labute approximate surface area is 93.5 Å². The van der Waals surface area contributed by atoms with Gasteiger partial charge in [0.1, 0.15) is 18.2 Å². The van der Waals surface area contributed by atoms with Crippen molar-refractivity contribution in [1.82, 2.24) is 9.97 Å². The largest absolute Gasteiger partial charge is 0.392 e. The van der Waals surface area contributed by atoms with Crippen LogP contribution in [0.4, 0.5) is 5.69 Å². The van der Waals surface area contributed by atoms with Crippen LogP contribution in [0.5, 0.6) is 0 Å². The van der Waals surface area contributed by atoms with Crippen LogP contribution >= 0.6 is 0 Å². The maximum absolute atomic E-state index is 10.4. The van der Waals surface area contributed by atoms with E-state index in [1.165, 1.54) is 0 Å². The molecule has 1 aromatic rings. The molecule has 1 aromatic heterocycles. The van der Waals surface area contributed by atoms with Gasteiger partial charge in [-0.05, 0) is 5.41 Å². The summed E-state index contributed by atoms with van der Waals surface area (Å²) in [6.45, 7) is 5.72. The van der Waals surface area contributed by atoms with Crippen LogP contribution in [0, 0.1) is 15.5 Å². The first-order chi connectivity index (χ1) is 7.30. The van der Waals surface area contributed by atoms with Crippen LogP contribution in [0.25, 0.3) is 0 Å². The Morgan fingerprint density at radius 1 is 1.44 bits per heavy atom. The number of aliphatic hydroxyl groups is 1. The minimum absolute atomic E-state index is 0.144. The second kappa shape index (κ2) is 4.52. The molecule has 0 aliphatic heterocycles. The van der Waals surface area contributed by atoms with Crippen LogP contribution in [0.3, 0.4) is 0 Å². The van der Waals surface area contributed by atoms with Gasteiger partial charge in [0.15, 0.2) is 0 Å². The molecule has 1 N–H and O–H groups in total. The zero-order valence-corrected chi connectivity index (χ0v) is 9.54. The minimum Gasteiger partial charge on any atom is -0.392 e. The fourth-order valence-corrected chi connectivity index (χ4v) is 1.03. The van der Waals surface area contributed by atoms with E-state index in [9.17, 15) is 15.2 Å². The number of aromatic nitrogens is 2. The summed E-state index contributed by atoms with van der Waals surface area (Å²) in [5.41, 5.74) is -0.403. The lowest BCUT2D eigenvalue weighted by molar-refractivity contribution is -0.385. The van der Waals surface area contributed by atoms with Crippen molar-refractivity contribution in [3.63, 3.8) is 0 Å². The van der Waals surface area contributed by atoms with Gasteiger partial charge in [0.2, 0.25) is 0 Å². The van der Waals surface area contributed by atoms with Crippen LogP contribution in [0.15, 0.2) is 12.4 Å². The predicted molar refractivity (Wildman–Crippen MR) is 57.9 cm³/mol. The molecule has 0 spiro atoms. The highest BCUT2D eigenvalue weighted by Gasteiger charge is 2.23. The maximum atomic E-state index is 10.4. The molecule has 0 radical (unpaired) electrons. The summed E-state index contributed by atoms with van der Waals surface area (Å²) in [4.78, 5) is 17.5. The Morgan fingerprint density at radius 3 is 2.31 bits per heavy atom. The monoisotopic (exact) mass is 225 g/mol. The van der Waals surface area contributed by atoms with E-state index in [0.717, 1.165) is 12.4 Å². The number of aliphatic hydroxyl groups excluding tert-OH is 1. The van der Waals surface area contributed by atoms with Gasteiger partial charge in [0, 0.05) is 6.42 Å². The number of hydrogen-bond acceptors (Lipinski definition) is 5. The Bertz CT molecular complexity index is 370. The van der Waals surface area contributed by atoms with Gasteiger partial charge in [0.05, 0.1) is 11.0 Å². The lowest BCUT2D eigenvalue weighted by atomic mass is 9.87. The highest BCUT2D eigenvalue weighted by Crippen LogP contribution is 2.21. The number of nitrogens with zero attached hydrogens (tertiary/aromatic N) is 3. The molecule has 16 heavy (non-hydrogen) atoms. The number of nitro groups is 1. The van der Waals surface area contributed by atoms with Crippen LogP contribution in [-0.4, -0.2) is 26.1 Å². The fourth-order valence-electron chi connectivity index (χ4n) is 1.03. The van der Waals surface area contributed by atoms with Crippen LogP contribution in [0.1, 0.15) is 26.6 Å². The fraction of sp³-hybridized carbons (Fsp3) is 0.600. The standard InChI is InChI=1S/C10H15N3O3/c1-10(2,3)8(14)4-9-11-5-7(6-12-9)13(15)16/h5-6,8,14H,4H2,1-3H3. The maximum Gasteiger partial charge on any atom is 0.305 e. The van der Waals surface area contributed by atoms with Crippen molar-refractivity contribution in [2.45, 2.75) is 33.3 Å². The molecular weight excluding hydrogens is 210 g/mol. The molecule has 0 saturated heterocycles. The normalized spacial score (nSPS) is 13.5. The molecule has 6 nitrogen and oxygen atoms in total. The molecule has 6 heteroatoms. The minimum atomic E-state index is -0.575. The summed E-state index contributed by atoms with van der Waals surface area (Å²) in [6.07, 6.45) is 2.02. The molecular formula is C10H15N3O3. The lowest BCUT2D eigenvalue weighted by Crippen LogP contribution is -2.28. The molecule has 0 fully saturated rings. The summed E-state index contributed by atoms with van der Waals surface area (Å²) in [6, 6.07) is 0. The van der Waals surface area contributed by atoms with Gasteiger partial charge < -0.3 is 5.11 Å². The first-order valence-corrected chi connectivity index (χ1v) is 4.94. The van der Waals surface area contributed by atoms with Crippen LogP contribution in [-0.2, 0) is 6.42 Å². The zero-order chi connectivity index (χ0) is 12.3. The van der Waals surface area contributed by atoms with Crippen molar-refractivity contribution in [3.05, 3.63) is 28.3 Å².